The molecule has 0 bridgehead atoms. The minimum absolute atomic E-state index is 0. The summed E-state index contributed by atoms with van der Waals surface area (Å²) in [7, 11) is 0. The molecule has 3 aliphatic heterocycles. The van der Waals surface area contributed by atoms with Crippen LogP contribution < -0.4 is 16.0 Å². The van der Waals surface area contributed by atoms with Crippen LogP contribution >= 0.6 is 36.6 Å². The molecule has 3 heterocycles. The van der Waals surface area contributed by atoms with E-state index < -0.39 is 11.7 Å². The number of benzene rings is 2. The van der Waals surface area contributed by atoms with Crippen molar-refractivity contribution in [2.45, 2.75) is 67.3 Å². The zero-order valence-electron chi connectivity index (χ0n) is 21.7. The number of likely N-dealkylation sites (tertiary alicyclic amines) is 1. The summed E-state index contributed by atoms with van der Waals surface area (Å²) in [6.07, 6.45) is -1.69. The summed E-state index contributed by atoms with van der Waals surface area (Å²) >= 11 is 1.46. The number of alkyl halides is 3. The number of nitrogens with one attached hydrogen (secondary N) is 1. The zero-order chi connectivity index (χ0) is 25.4. The Morgan fingerprint density at radius 1 is 1.03 bits per heavy atom. The fourth-order valence-corrected chi connectivity index (χ4v) is 6.77. The number of ether oxygens (including phenoxy) is 1. The first-order chi connectivity index (χ1) is 17.2. The van der Waals surface area contributed by atoms with Gasteiger partial charge in [-0.1, -0.05) is 17.8 Å². The van der Waals surface area contributed by atoms with Gasteiger partial charge in [0.2, 0.25) is 0 Å². The summed E-state index contributed by atoms with van der Waals surface area (Å²) in [5.74, 6) is 0. The number of fused-ring (bicyclic) bond motifs is 2. The minimum Gasteiger partial charge on any atom is -0.382 e. The molecule has 2 aromatic rings. The third kappa shape index (κ3) is 7.04. The molecule has 5 rings (SSSR count). The second-order valence-electron chi connectivity index (χ2n) is 10.3. The van der Waals surface area contributed by atoms with E-state index in [0.717, 1.165) is 67.3 Å². The molecular formula is C27H37Cl2F3N4OS. The number of nitrogens with zero attached hydrogens (tertiary/aromatic N) is 2. The van der Waals surface area contributed by atoms with Crippen LogP contribution in [0.4, 0.5) is 24.5 Å². The summed E-state index contributed by atoms with van der Waals surface area (Å²) in [6.45, 7) is 9.07. The number of nitrogens with two attached hydrogens (primary N) is 1. The number of rotatable bonds is 5. The summed E-state index contributed by atoms with van der Waals surface area (Å²) in [4.78, 5) is 6.36. The van der Waals surface area contributed by atoms with Crippen LogP contribution in [0.1, 0.15) is 43.4 Å². The van der Waals surface area contributed by atoms with Gasteiger partial charge in [-0.3, -0.25) is 0 Å². The van der Waals surface area contributed by atoms with Crippen LogP contribution in [0.2, 0.25) is 0 Å². The molecule has 3 aliphatic rings. The topological polar surface area (TPSA) is 53.8 Å². The van der Waals surface area contributed by atoms with Crippen molar-refractivity contribution < 1.29 is 17.9 Å². The molecule has 3 N–H and O–H groups in total. The van der Waals surface area contributed by atoms with E-state index in [-0.39, 0.29) is 43.1 Å². The molecule has 2 unspecified atom stereocenters. The van der Waals surface area contributed by atoms with Crippen LogP contribution in [-0.2, 0) is 17.3 Å². The van der Waals surface area contributed by atoms with Crippen molar-refractivity contribution in [2.24, 2.45) is 5.73 Å². The highest BCUT2D eigenvalue weighted by Gasteiger charge is 2.34. The lowest BCUT2D eigenvalue weighted by Crippen LogP contribution is -2.45. The molecule has 0 saturated carbocycles. The van der Waals surface area contributed by atoms with Crippen molar-refractivity contribution in [1.82, 2.24) is 4.90 Å². The lowest BCUT2D eigenvalue weighted by molar-refractivity contribution is -0.137. The van der Waals surface area contributed by atoms with Gasteiger partial charge in [-0.2, -0.15) is 13.2 Å². The highest BCUT2D eigenvalue weighted by atomic mass is 35.5. The molecule has 0 radical (unpaired) electrons. The first-order valence-corrected chi connectivity index (χ1v) is 13.7. The van der Waals surface area contributed by atoms with Crippen molar-refractivity contribution in [1.29, 1.82) is 0 Å². The van der Waals surface area contributed by atoms with Crippen molar-refractivity contribution in [3.05, 3.63) is 47.0 Å². The number of anilines is 2. The first kappa shape index (κ1) is 31.2. The smallest absolute Gasteiger partial charge is 0.382 e. The molecular weight excluding hydrogens is 556 g/mol. The van der Waals surface area contributed by atoms with Gasteiger partial charge in [0.25, 0.3) is 0 Å². The Labute approximate surface area is 239 Å². The molecule has 212 valence electrons. The van der Waals surface area contributed by atoms with Crippen molar-refractivity contribution in [2.75, 3.05) is 49.5 Å². The second-order valence-corrected chi connectivity index (χ2v) is 11.4. The predicted molar refractivity (Wildman–Crippen MR) is 154 cm³/mol. The monoisotopic (exact) mass is 592 g/mol. The van der Waals surface area contributed by atoms with Gasteiger partial charge in [0.15, 0.2) is 0 Å². The molecule has 38 heavy (non-hydrogen) atoms. The van der Waals surface area contributed by atoms with Crippen molar-refractivity contribution >= 4 is 48.0 Å². The van der Waals surface area contributed by atoms with E-state index in [1.807, 2.05) is 0 Å². The van der Waals surface area contributed by atoms with E-state index in [4.69, 9.17) is 10.5 Å². The quantitative estimate of drug-likeness (QED) is 0.376. The molecule has 11 heteroatoms. The van der Waals surface area contributed by atoms with Crippen LogP contribution in [0.3, 0.4) is 0 Å². The van der Waals surface area contributed by atoms with E-state index in [9.17, 15) is 13.2 Å². The molecule has 5 nitrogen and oxygen atoms in total. The fraction of sp³-hybridized carbons (Fsp3) is 0.556. The first-order valence-electron chi connectivity index (χ1n) is 12.8. The standard InChI is InChI=1S/C27H35F3N4OS.2ClH/c1-17-15-34(16-18(2)35-17)22-4-3-19-11-23-24(32-21-5-8-33(9-6-21)10-7-31)12-20(27(28,29)30)13-26(23)36-25(19)14-22;;/h3-4,12-14,17-18,21,32H,5-11,15-16,31H2,1-2H3;2*1H. The Morgan fingerprint density at radius 3 is 2.34 bits per heavy atom. The Kier molecular flexibility index (Phi) is 10.6. The molecule has 2 fully saturated rings. The Bertz CT molecular complexity index is 1090. The maximum absolute atomic E-state index is 13.9. The number of morpholine rings is 1. The van der Waals surface area contributed by atoms with Crippen LogP contribution in [-0.4, -0.2) is 62.4 Å². The maximum atomic E-state index is 13.9. The van der Waals surface area contributed by atoms with Gasteiger partial charge in [-0.15, -0.1) is 24.8 Å². The maximum Gasteiger partial charge on any atom is 0.416 e. The summed E-state index contributed by atoms with van der Waals surface area (Å²) in [5, 5.41) is 3.49. The molecule has 2 aromatic carbocycles. The van der Waals surface area contributed by atoms with E-state index in [1.54, 1.807) is 0 Å². The summed E-state index contributed by atoms with van der Waals surface area (Å²) < 4.78 is 47.4. The highest BCUT2D eigenvalue weighted by molar-refractivity contribution is 7.99. The van der Waals surface area contributed by atoms with E-state index in [1.165, 1.54) is 23.9 Å². The van der Waals surface area contributed by atoms with E-state index in [0.29, 0.717) is 23.5 Å². The number of hydrogen-bond acceptors (Lipinski definition) is 6. The van der Waals surface area contributed by atoms with Gasteiger partial charge < -0.3 is 25.6 Å². The Balaban J connectivity index is 0.00000200. The van der Waals surface area contributed by atoms with E-state index in [2.05, 4.69) is 47.2 Å². The molecule has 2 atom stereocenters. The summed E-state index contributed by atoms with van der Waals surface area (Å²) in [5.41, 5.74) is 8.93. The lowest BCUT2D eigenvalue weighted by atomic mass is 9.97. The molecule has 0 amide bonds. The van der Waals surface area contributed by atoms with Gasteiger partial charge in [0.1, 0.15) is 0 Å². The third-order valence-corrected chi connectivity index (χ3v) is 8.54. The predicted octanol–water partition coefficient (Wildman–Crippen LogP) is 6.05. The van der Waals surface area contributed by atoms with Crippen molar-refractivity contribution in [3.8, 4) is 0 Å². The average Bonchev–Trinajstić information content (AvgIpc) is 2.82. The highest BCUT2D eigenvalue weighted by Crippen LogP contribution is 2.46. The second kappa shape index (κ2) is 12.9. The SMILES string of the molecule is CC1CN(c2ccc3c(c2)Sc2cc(C(F)(F)F)cc(NC4CCN(CCN)CC4)c2C3)CC(C)O1.Cl.Cl. The van der Waals surface area contributed by atoms with Gasteiger partial charge in [-0.05, 0) is 62.1 Å². The molecule has 0 spiro atoms. The molecule has 2 saturated heterocycles. The Hall–Kier alpha value is -1.36. The van der Waals surface area contributed by atoms with Gasteiger partial charge in [0, 0.05) is 72.9 Å². The van der Waals surface area contributed by atoms with Crippen LogP contribution in [0.5, 0.6) is 0 Å². The number of piperidine rings is 1. The lowest BCUT2D eigenvalue weighted by Gasteiger charge is -2.37. The normalized spacial score (nSPS) is 22.1. The van der Waals surface area contributed by atoms with E-state index >= 15 is 0 Å². The van der Waals surface area contributed by atoms with Gasteiger partial charge in [-0.25, -0.2) is 0 Å². The minimum atomic E-state index is -4.39. The summed E-state index contributed by atoms with van der Waals surface area (Å²) in [6, 6.07) is 9.20. The van der Waals surface area contributed by atoms with Crippen LogP contribution in [0.25, 0.3) is 0 Å². The van der Waals surface area contributed by atoms with Crippen LogP contribution in [0.15, 0.2) is 40.1 Å². The zero-order valence-corrected chi connectivity index (χ0v) is 24.2. The third-order valence-electron chi connectivity index (χ3n) is 7.35. The number of halogens is 5. The van der Waals surface area contributed by atoms with Gasteiger partial charge in [0.05, 0.1) is 17.8 Å². The largest absolute Gasteiger partial charge is 0.416 e. The van der Waals surface area contributed by atoms with Crippen LogP contribution in [0, 0.1) is 0 Å². The molecule has 0 aliphatic carbocycles. The Morgan fingerprint density at radius 2 is 1.71 bits per heavy atom. The molecule has 0 aromatic heterocycles. The fourth-order valence-electron chi connectivity index (χ4n) is 5.59. The van der Waals surface area contributed by atoms with Crippen molar-refractivity contribution in [3.63, 3.8) is 0 Å². The number of hydrogen-bond donors (Lipinski definition) is 2. The van der Waals surface area contributed by atoms with Gasteiger partial charge >= 0.3 is 6.18 Å². The average molecular weight is 594 g/mol.